The molecule has 0 unspecified atom stereocenters. The molecule has 1 heterocycles. The van der Waals surface area contributed by atoms with Crippen LogP contribution in [0.3, 0.4) is 0 Å². The zero-order valence-corrected chi connectivity index (χ0v) is 23.2. The summed E-state index contributed by atoms with van der Waals surface area (Å²) in [7, 11) is 0. The summed E-state index contributed by atoms with van der Waals surface area (Å²) in [6, 6.07) is 23.0. The number of benzene rings is 4. The van der Waals surface area contributed by atoms with Gasteiger partial charge in [0.1, 0.15) is 6.61 Å². The molecule has 5 rings (SSSR count). The first kappa shape index (κ1) is 26.4. The fraction of sp³-hybridized carbons (Fsp3) is 0.103. The normalized spacial score (nSPS) is 15.3. The molecular weight excluding hydrogens is 563 g/mol. The Morgan fingerprint density at radius 2 is 1.74 bits per heavy atom. The van der Waals surface area contributed by atoms with E-state index in [1.165, 1.54) is 17.1 Å². The van der Waals surface area contributed by atoms with E-state index < -0.39 is 0 Å². The Morgan fingerprint density at radius 1 is 0.921 bits per heavy atom. The first-order chi connectivity index (χ1) is 18.4. The Morgan fingerprint density at radius 3 is 2.55 bits per heavy atom. The van der Waals surface area contributed by atoms with Crippen LogP contribution in [0.2, 0.25) is 15.1 Å². The number of fused-ring (bicyclic) bond motifs is 1. The van der Waals surface area contributed by atoms with E-state index in [4.69, 9.17) is 44.3 Å². The highest BCUT2D eigenvalue weighted by Crippen LogP contribution is 2.39. The lowest BCUT2D eigenvalue weighted by atomic mass is 10.1. The Kier molecular flexibility index (Phi) is 8.15. The van der Waals surface area contributed by atoms with E-state index in [-0.39, 0.29) is 5.91 Å². The summed E-state index contributed by atoms with van der Waals surface area (Å²) >= 11 is 20.1. The lowest BCUT2D eigenvalue weighted by Gasteiger charge is -2.15. The molecule has 1 aliphatic heterocycles. The van der Waals surface area contributed by atoms with E-state index in [9.17, 15) is 4.79 Å². The SMILES string of the molecule is CCOc1cc(/C=C2/SC(=Nc3cccc(Cl)c3Cl)NC2=O)cc(Cl)c1OCc1ccc2ccccc2c1. The lowest BCUT2D eigenvalue weighted by molar-refractivity contribution is -0.115. The van der Waals surface area contributed by atoms with Crippen molar-refractivity contribution >= 4 is 80.2 Å². The zero-order chi connectivity index (χ0) is 26.6. The third-order valence-electron chi connectivity index (χ3n) is 5.63. The molecule has 4 aromatic rings. The average molecular weight is 584 g/mol. The van der Waals surface area contributed by atoms with Gasteiger partial charge in [-0.2, -0.15) is 0 Å². The number of amidine groups is 1. The second-order valence-electron chi connectivity index (χ2n) is 8.29. The Hall–Kier alpha value is -3.16. The number of nitrogens with zero attached hydrogens (tertiary/aromatic N) is 1. The smallest absolute Gasteiger partial charge is 0.264 e. The van der Waals surface area contributed by atoms with Gasteiger partial charge in [-0.1, -0.05) is 77.3 Å². The molecule has 5 nitrogen and oxygen atoms in total. The minimum atomic E-state index is -0.280. The van der Waals surface area contributed by atoms with Crippen LogP contribution in [0.15, 0.2) is 82.7 Å². The van der Waals surface area contributed by atoms with Crippen LogP contribution in [0.4, 0.5) is 5.69 Å². The van der Waals surface area contributed by atoms with E-state index >= 15 is 0 Å². The van der Waals surface area contributed by atoms with Crippen molar-refractivity contribution in [1.82, 2.24) is 5.32 Å². The molecule has 0 radical (unpaired) electrons. The predicted molar refractivity (Wildman–Crippen MR) is 158 cm³/mol. The predicted octanol–water partition coefficient (Wildman–Crippen LogP) is 8.67. The van der Waals surface area contributed by atoms with Crippen LogP contribution in [0, 0.1) is 0 Å². The van der Waals surface area contributed by atoms with Gasteiger partial charge < -0.3 is 14.8 Å². The minimum absolute atomic E-state index is 0.280. The van der Waals surface area contributed by atoms with Crippen LogP contribution in [0.5, 0.6) is 11.5 Å². The largest absolute Gasteiger partial charge is 0.490 e. The second kappa shape index (κ2) is 11.7. The van der Waals surface area contributed by atoms with Crippen molar-refractivity contribution in [3.8, 4) is 11.5 Å². The number of hydrogen-bond acceptors (Lipinski definition) is 5. The van der Waals surface area contributed by atoms with Crippen molar-refractivity contribution in [3.05, 3.63) is 104 Å². The maximum absolute atomic E-state index is 12.6. The fourth-order valence-corrected chi connectivity index (χ4v) is 5.32. The van der Waals surface area contributed by atoms with Gasteiger partial charge in [-0.05, 0) is 77.0 Å². The summed E-state index contributed by atoms with van der Waals surface area (Å²) in [5.41, 5.74) is 2.17. The lowest BCUT2D eigenvalue weighted by Crippen LogP contribution is -2.19. The molecule has 38 heavy (non-hydrogen) atoms. The van der Waals surface area contributed by atoms with Gasteiger partial charge in [-0.25, -0.2) is 4.99 Å². The Labute approximate surface area is 239 Å². The number of carbonyl (C=O) groups is 1. The van der Waals surface area contributed by atoms with Gasteiger partial charge in [0.15, 0.2) is 16.7 Å². The van der Waals surface area contributed by atoms with Crippen molar-refractivity contribution in [3.63, 3.8) is 0 Å². The van der Waals surface area contributed by atoms with E-state index in [1.54, 1.807) is 36.4 Å². The van der Waals surface area contributed by atoms with E-state index in [2.05, 4.69) is 34.6 Å². The molecule has 0 saturated carbocycles. The first-order valence-electron chi connectivity index (χ1n) is 11.7. The van der Waals surface area contributed by atoms with Gasteiger partial charge in [0, 0.05) is 0 Å². The minimum Gasteiger partial charge on any atom is -0.490 e. The number of aliphatic imine (C=N–C) groups is 1. The fourth-order valence-electron chi connectivity index (χ4n) is 3.88. The van der Waals surface area contributed by atoms with Crippen LogP contribution in [-0.2, 0) is 11.4 Å². The van der Waals surface area contributed by atoms with Crippen molar-refractivity contribution in [1.29, 1.82) is 0 Å². The maximum Gasteiger partial charge on any atom is 0.264 e. The van der Waals surface area contributed by atoms with Crippen molar-refractivity contribution in [2.45, 2.75) is 13.5 Å². The highest BCUT2D eigenvalue weighted by molar-refractivity contribution is 8.18. The van der Waals surface area contributed by atoms with Crippen molar-refractivity contribution < 1.29 is 14.3 Å². The molecule has 0 bridgehead atoms. The summed E-state index contributed by atoms with van der Waals surface area (Å²) in [4.78, 5) is 17.5. The number of ether oxygens (including phenoxy) is 2. The third kappa shape index (κ3) is 5.94. The molecule has 192 valence electrons. The first-order valence-corrected chi connectivity index (χ1v) is 13.7. The van der Waals surface area contributed by atoms with E-state index in [1.807, 2.05) is 25.1 Å². The molecule has 1 aliphatic rings. The Bertz CT molecular complexity index is 1600. The Balaban J connectivity index is 1.37. The number of halogens is 3. The van der Waals surface area contributed by atoms with E-state index in [0.29, 0.717) is 61.1 Å². The van der Waals surface area contributed by atoms with Crippen LogP contribution < -0.4 is 14.8 Å². The quantitative estimate of drug-likeness (QED) is 0.221. The van der Waals surface area contributed by atoms with Gasteiger partial charge in [-0.15, -0.1) is 0 Å². The number of hydrogen-bond donors (Lipinski definition) is 1. The molecule has 4 aromatic carbocycles. The number of amides is 1. The zero-order valence-electron chi connectivity index (χ0n) is 20.1. The number of carbonyl (C=O) groups excluding carboxylic acids is 1. The molecule has 0 atom stereocenters. The highest BCUT2D eigenvalue weighted by Gasteiger charge is 2.25. The molecule has 0 aliphatic carbocycles. The standard InChI is InChI=1S/C29H21Cl3N2O3S/c1-2-36-24-14-18(15-25-28(35)34-29(38-25)33-23-9-5-8-21(30)26(23)32)13-22(31)27(24)37-16-17-10-11-19-6-3-4-7-20(19)12-17/h3-15H,2,16H2,1H3,(H,33,34,35)/b25-15+. The molecule has 1 amide bonds. The van der Waals surface area contributed by atoms with Gasteiger partial charge in [0.2, 0.25) is 0 Å². The third-order valence-corrected chi connectivity index (χ3v) is 7.63. The van der Waals surface area contributed by atoms with E-state index in [0.717, 1.165) is 10.9 Å². The summed E-state index contributed by atoms with van der Waals surface area (Å²) in [6.07, 6.45) is 1.73. The van der Waals surface area contributed by atoms with Gasteiger partial charge in [-0.3, -0.25) is 4.79 Å². The van der Waals surface area contributed by atoms with Crippen molar-refractivity contribution in [2.75, 3.05) is 6.61 Å². The summed E-state index contributed by atoms with van der Waals surface area (Å²) < 4.78 is 11.9. The molecule has 1 saturated heterocycles. The molecule has 0 spiro atoms. The van der Waals surface area contributed by atoms with Crippen molar-refractivity contribution in [2.24, 2.45) is 4.99 Å². The monoisotopic (exact) mass is 582 g/mol. The van der Waals surface area contributed by atoms with Crippen LogP contribution in [-0.4, -0.2) is 17.7 Å². The molecular formula is C29H21Cl3N2O3S. The highest BCUT2D eigenvalue weighted by atomic mass is 35.5. The van der Waals surface area contributed by atoms with Crippen LogP contribution >= 0.6 is 46.6 Å². The van der Waals surface area contributed by atoms with Gasteiger partial charge in [0.25, 0.3) is 5.91 Å². The van der Waals surface area contributed by atoms with Gasteiger partial charge in [0.05, 0.1) is 32.3 Å². The second-order valence-corrected chi connectivity index (χ2v) is 10.5. The maximum atomic E-state index is 12.6. The summed E-state index contributed by atoms with van der Waals surface area (Å²) in [5, 5.41) is 6.55. The molecule has 0 aromatic heterocycles. The van der Waals surface area contributed by atoms with Crippen LogP contribution in [0.25, 0.3) is 16.8 Å². The molecule has 1 fully saturated rings. The molecule has 1 N–H and O–H groups in total. The van der Waals surface area contributed by atoms with Crippen LogP contribution in [0.1, 0.15) is 18.1 Å². The molecule has 9 heteroatoms. The number of nitrogens with one attached hydrogen (secondary N) is 1. The number of thioether (sulfide) groups is 1. The van der Waals surface area contributed by atoms with Gasteiger partial charge >= 0.3 is 0 Å². The average Bonchev–Trinajstić information content (AvgIpc) is 3.24. The number of rotatable bonds is 7. The topological polar surface area (TPSA) is 59.9 Å². The summed E-state index contributed by atoms with van der Waals surface area (Å²) in [5.74, 6) is 0.665. The summed E-state index contributed by atoms with van der Waals surface area (Å²) in [6.45, 7) is 2.64.